The van der Waals surface area contributed by atoms with E-state index in [-0.39, 0.29) is 11.4 Å². The van der Waals surface area contributed by atoms with Gasteiger partial charge in [0.15, 0.2) is 0 Å². The van der Waals surface area contributed by atoms with Crippen LogP contribution in [-0.4, -0.2) is 12.6 Å². The summed E-state index contributed by atoms with van der Waals surface area (Å²) in [7, 11) is 0. The maximum atomic E-state index is 12.5. The number of benzene rings is 2. The Kier molecular flexibility index (Phi) is 5.06. The number of nitrogens with one attached hydrogen (secondary N) is 2. The average molecular weight is 360 g/mol. The molecule has 1 atom stereocenters. The van der Waals surface area contributed by atoms with Gasteiger partial charge in [-0.15, -0.1) is 0 Å². The maximum Gasteiger partial charge on any atom is 0.387 e. The van der Waals surface area contributed by atoms with Crippen molar-refractivity contribution in [1.82, 2.24) is 5.32 Å². The summed E-state index contributed by atoms with van der Waals surface area (Å²) >= 11 is 0. The number of urea groups is 1. The van der Waals surface area contributed by atoms with Gasteiger partial charge in [-0.1, -0.05) is 30.3 Å². The Morgan fingerprint density at radius 1 is 1.15 bits per heavy atom. The molecule has 2 amide bonds. The molecule has 0 saturated carbocycles. The number of fused-ring (bicyclic) bond motifs is 1. The molecule has 1 aromatic heterocycles. The molecule has 0 saturated heterocycles. The summed E-state index contributed by atoms with van der Waals surface area (Å²) in [5.41, 5.74) is 1.53. The van der Waals surface area contributed by atoms with E-state index in [1.54, 1.807) is 26.0 Å². The van der Waals surface area contributed by atoms with E-state index in [1.807, 2.05) is 30.3 Å². The second kappa shape index (κ2) is 7.43. The van der Waals surface area contributed by atoms with Crippen molar-refractivity contribution in [2.24, 2.45) is 0 Å². The van der Waals surface area contributed by atoms with Crippen molar-refractivity contribution in [3.63, 3.8) is 0 Å². The number of para-hydroxylation sites is 2. The third kappa shape index (κ3) is 3.93. The summed E-state index contributed by atoms with van der Waals surface area (Å²) in [6, 6.07) is 13.0. The lowest BCUT2D eigenvalue weighted by molar-refractivity contribution is -0.0493. The number of alkyl halides is 2. The first kappa shape index (κ1) is 17.7. The van der Waals surface area contributed by atoms with Gasteiger partial charge in [-0.3, -0.25) is 0 Å². The van der Waals surface area contributed by atoms with Crippen LogP contribution in [0.15, 0.2) is 52.9 Å². The standard InChI is InChI=1S/C19H18F2N2O3/c1-11-6-5-9-15(26-18(20)21)17(11)23-19(24)22-12(2)16-10-13-7-3-4-8-14(13)25-16/h3-10,12,18H,1-2H3,(H2,22,23,24). The van der Waals surface area contributed by atoms with E-state index in [4.69, 9.17) is 4.42 Å². The smallest absolute Gasteiger partial charge is 0.387 e. The number of furan rings is 1. The molecule has 7 heteroatoms. The van der Waals surface area contributed by atoms with Crippen LogP contribution in [0, 0.1) is 6.92 Å². The van der Waals surface area contributed by atoms with Crippen molar-refractivity contribution in [2.45, 2.75) is 26.5 Å². The molecule has 136 valence electrons. The van der Waals surface area contributed by atoms with Crippen LogP contribution in [-0.2, 0) is 0 Å². The quantitative estimate of drug-likeness (QED) is 0.655. The molecule has 0 fully saturated rings. The van der Waals surface area contributed by atoms with Gasteiger partial charge in [0, 0.05) is 5.39 Å². The van der Waals surface area contributed by atoms with Gasteiger partial charge in [-0.25, -0.2) is 4.79 Å². The Labute approximate surface area is 148 Å². The number of ether oxygens (including phenoxy) is 1. The predicted molar refractivity (Wildman–Crippen MR) is 94.6 cm³/mol. The molecule has 2 N–H and O–H groups in total. The first-order chi connectivity index (χ1) is 12.4. The van der Waals surface area contributed by atoms with Crippen molar-refractivity contribution in [3.05, 3.63) is 59.9 Å². The Bertz CT molecular complexity index is 891. The molecule has 3 aromatic rings. The molecule has 1 heterocycles. The monoisotopic (exact) mass is 360 g/mol. The number of amides is 2. The molecule has 2 aromatic carbocycles. The van der Waals surface area contributed by atoms with Crippen LogP contribution >= 0.6 is 0 Å². The maximum absolute atomic E-state index is 12.5. The topological polar surface area (TPSA) is 63.5 Å². The second-order valence-electron chi connectivity index (χ2n) is 5.83. The van der Waals surface area contributed by atoms with Crippen molar-refractivity contribution in [1.29, 1.82) is 0 Å². The first-order valence-electron chi connectivity index (χ1n) is 8.04. The Balaban J connectivity index is 1.72. The van der Waals surface area contributed by atoms with Gasteiger partial charge in [0.05, 0.1) is 11.7 Å². The molecular formula is C19H18F2N2O3. The van der Waals surface area contributed by atoms with Crippen molar-refractivity contribution in [3.8, 4) is 5.75 Å². The summed E-state index contributed by atoms with van der Waals surface area (Å²) < 4.78 is 35.3. The first-order valence-corrected chi connectivity index (χ1v) is 8.04. The minimum Gasteiger partial charge on any atom is -0.459 e. The molecule has 26 heavy (non-hydrogen) atoms. The lowest BCUT2D eigenvalue weighted by atomic mass is 10.2. The highest BCUT2D eigenvalue weighted by Gasteiger charge is 2.17. The molecule has 0 aliphatic heterocycles. The molecule has 1 unspecified atom stereocenters. The van der Waals surface area contributed by atoms with Gasteiger partial charge < -0.3 is 19.8 Å². The summed E-state index contributed by atoms with van der Waals surface area (Å²) in [6.45, 7) is 0.484. The van der Waals surface area contributed by atoms with Crippen LogP contribution in [0.2, 0.25) is 0 Å². The fourth-order valence-electron chi connectivity index (χ4n) is 2.63. The number of hydrogen-bond acceptors (Lipinski definition) is 3. The van der Waals surface area contributed by atoms with Crippen LogP contribution in [0.25, 0.3) is 11.0 Å². The molecule has 0 aliphatic rings. The minimum absolute atomic E-state index is 0.0912. The van der Waals surface area contributed by atoms with E-state index in [0.717, 1.165) is 11.0 Å². The number of anilines is 1. The van der Waals surface area contributed by atoms with Crippen LogP contribution in [0.5, 0.6) is 5.75 Å². The van der Waals surface area contributed by atoms with Crippen LogP contribution in [0.3, 0.4) is 0 Å². The number of rotatable bonds is 5. The molecule has 5 nitrogen and oxygen atoms in total. The Morgan fingerprint density at radius 3 is 2.65 bits per heavy atom. The normalized spacial score (nSPS) is 12.2. The van der Waals surface area contributed by atoms with Gasteiger partial charge >= 0.3 is 12.6 Å². The van der Waals surface area contributed by atoms with Crippen LogP contribution in [0.4, 0.5) is 19.3 Å². The van der Waals surface area contributed by atoms with Gasteiger partial charge in [0.2, 0.25) is 0 Å². The fraction of sp³-hybridized carbons (Fsp3) is 0.211. The van der Waals surface area contributed by atoms with Crippen molar-refractivity contribution < 1.29 is 22.7 Å². The fourth-order valence-corrected chi connectivity index (χ4v) is 2.63. The van der Waals surface area contributed by atoms with Crippen LogP contribution in [0.1, 0.15) is 24.3 Å². The van der Waals surface area contributed by atoms with Gasteiger partial charge in [-0.05, 0) is 37.6 Å². The average Bonchev–Trinajstić information content (AvgIpc) is 3.02. The minimum atomic E-state index is -2.98. The predicted octanol–water partition coefficient (Wildman–Crippen LogP) is 5.23. The third-order valence-electron chi connectivity index (χ3n) is 3.91. The van der Waals surface area contributed by atoms with E-state index in [1.165, 1.54) is 6.07 Å². The molecule has 0 spiro atoms. The number of carbonyl (C=O) groups excluding carboxylic acids is 1. The van der Waals surface area contributed by atoms with Gasteiger partial charge in [0.25, 0.3) is 0 Å². The molecule has 0 bridgehead atoms. The summed E-state index contributed by atoms with van der Waals surface area (Å²) in [5, 5.41) is 6.23. The summed E-state index contributed by atoms with van der Waals surface area (Å²) in [4.78, 5) is 12.3. The molecule has 0 radical (unpaired) electrons. The number of carbonyl (C=O) groups is 1. The van der Waals surface area contributed by atoms with Crippen molar-refractivity contribution in [2.75, 3.05) is 5.32 Å². The summed E-state index contributed by atoms with van der Waals surface area (Å²) in [6.07, 6.45) is 0. The lowest BCUT2D eigenvalue weighted by Crippen LogP contribution is -2.31. The zero-order valence-corrected chi connectivity index (χ0v) is 14.3. The largest absolute Gasteiger partial charge is 0.459 e. The van der Waals surface area contributed by atoms with Gasteiger partial charge in [0.1, 0.15) is 17.1 Å². The number of hydrogen-bond donors (Lipinski definition) is 2. The highest BCUT2D eigenvalue weighted by Crippen LogP contribution is 2.30. The van der Waals surface area contributed by atoms with Crippen LogP contribution < -0.4 is 15.4 Å². The highest BCUT2D eigenvalue weighted by atomic mass is 19.3. The highest BCUT2D eigenvalue weighted by molar-refractivity contribution is 5.92. The molecule has 3 rings (SSSR count). The van der Waals surface area contributed by atoms with E-state index < -0.39 is 18.7 Å². The second-order valence-corrected chi connectivity index (χ2v) is 5.83. The van der Waals surface area contributed by atoms with E-state index in [2.05, 4.69) is 15.4 Å². The Morgan fingerprint density at radius 2 is 1.92 bits per heavy atom. The molecule has 0 aliphatic carbocycles. The van der Waals surface area contributed by atoms with E-state index in [9.17, 15) is 13.6 Å². The van der Waals surface area contributed by atoms with E-state index >= 15 is 0 Å². The third-order valence-corrected chi connectivity index (χ3v) is 3.91. The molecular weight excluding hydrogens is 342 g/mol. The van der Waals surface area contributed by atoms with Gasteiger partial charge in [-0.2, -0.15) is 8.78 Å². The zero-order chi connectivity index (χ0) is 18.7. The van der Waals surface area contributed by atoms with E-state index in [0.29, 0.717) is 11.3 Å². The SMILES string of the molecule is Cc1cccc(OC(F)F)c1NC(=O)NC(C)c1cc2ccccc2o1. The zero-order valence-electron chi connectivity index (χ0n) is 14.3. The Hall–Kier alpha value is -3.09. The number of halogens is 2. The lowest BCUT2D eigenvalue weighted by Gasteiger charge is -2.16. The van der Waals surface area contributed by atoms with Crippen molar-refractivity contribution >= 4 is 22.7 Å². The number of aryl methyl sites for hydroxylation is 1. The summed E-state index contributed by atoms with van der Waals surface area (Å²) in [5.74, 6) is 0.502.